The fourth-order valence-corrected chi connectivity index (χ4v) is 3.49. The molecule has 0 spiro atoms. The highest BCUT2D eigenvalue weighted by Gasteiger charge is 2.33. The van der Waals surface area contributed by atoms with Crippen molar-refractivity contribution in [3.05, 3.63) is 41.7 Å². The summed E-state index contributed by atoms with van der Waals surface area (Å²) in [5, 5.41) is 12.8. The summed E-state index contributed by atoms with van der Waals surface area (Å²) in [5.41, 5.74) is 2.06. The fraction of sp³-hybridized carbons (Fsp3) is 0.526. The highest BCUT2D eigenvalue weighted by Crippen LogP contribution is 2.20. The molecule has 27 heavy (non-hydrogen) atoms. The van der Waals surface area contributed by atoms with Gasteiger partial charge < -0.3 is 14.3 Å². The summed E-state index contributed by atoms with van der Waals surface area (Å²) in [6.45, 7) is 6.07. The van der Waals surface area contributed by atoms with Crippen LogP contribution >= 0.6 is 0 Å². The Morgan fingerprint density at radius 3 is 2.93 bits per heavy atom. The minimum absolute atomic E-state index is 0.0157. The van der Waals surface area contributed by atoms with Gasteiger partial charge in [-0.3, -0.25) is 9.78 Å². The van der Waals surface area contributed by atoms with Gasteiger partial charge in [-0.1, -0.05) is 25.1 Å². The average Bonchev–Trinajstić information content (AvgIpc) is 3.25. The first-order chi connectivity index (χ1) is 13.1. The van der Waals surface area contributed by atoms with E-state index < -0.39 is 6.10 Å². The first kappa shape index (κ1) is 17.6. The van der Waals surface area contributed by atoms with Crippen LogP contribution in [0, 0.1) is 5.92 Å². The number of rotatable bonds is 4. The molecule has 4 rings (SSSR count). The van der Waals surface area contributed by atoms with E-state index in [1.807, 2.05) is 23.2 Å². The number of hydrogen-bond donors (Lipinski definition) is 0. The van der Waals surface area contributed by atoms with E-state index in [-0.39, 0.29) is 5.91 Å². The Kier molecular flexibility index (Phi) is 4.87. The van der Waals surface area contributed by atoms with Crippen molar-refractivity contribution >= 4 is 11.6 Å². The number of fused-ring (bicyclic) bond motifs is 1. The smallest absolute Gasteiger partial charge is 0.266 e. The monoisotopic (exact) mass is 368 g/mol. The SMILES string of the molecule is CC(C)C1=NO[C@H](C(=O)N2CCc3nnc(Cc4cccnc4)n3CC2)C1. The molecule has 0 radical (unpaired) electrons. The van der Waals surface area contributed by atoms with E-state index in [0.717, 1.165) is 22.9 Å². The van der Waals surface area contributed by atoms with Crippen molar-refractivity contribution in [2.45, 2.75) is 45.8 Å². The summed E-state index contributed by atoms with van der Waals surface area (Å²) >= 11 is 0. The number of carbonyl (C=O) groups is 1. The molecule has 8 heteroatoms. The predicted octanol–water partition coefficient (Wildman–Crippen LogP) is 1.45. The van der Waals surface area contributed by atoms with Crippen molar-refractivity contribution in [1.82, 2.24) is 24.6 Å². The Morgan fingerprint density at radius 1 is 1.30 bits per heavy atom. The summed E-state index contributed by atoms with van der Waals surface area (Å²) in [4.78, 5) is 24.3. The van der Waals surface area contributed by atoms with E-state index in [9.17, 15) is 4.79 Å². The van der Waals surface area contributed by atoms with E-state index in [1.54, 1.807) is 6.20 Å². The van der Waals surface area contributed by atoms with Gasteiger partial charge in [0.1, 0.15) is 11.6 Å². The maximum Gasteiger partial charge on any atom is 0.266 e. The largest absolute Gasteiger partial charge is 0.382 e. The lowest BCUT2D eigenvalue weighted by Crippen LogP contribution is -2.41. The van der Waals surface area contributed by atoms with Gasteiger partial charge in [-0.25, -0.2) is 0 Å². The summed E-state index contributed by atoms with van der Waals surface area (Å²) < 4.78 is 2.13. The molecule has 0 fully saturated rings. The Labute approximate surface area is 158 Å². The third-order valence-corrected chi connectivity index (χ3v) is 5.13. The van der Waals surface area contributed by atoms with Crippen LogP contribution in [0.3, 0.4) is 0 Å². The van der Waals surface area contributed by atoms with Crippen LogP contribution in [-0.2, 0) is 29.0 Å². The molecule has 1 amide bonds. The number of pyridine rings is 1. The van der Waals surface area contributed by atoms with E-state index in [0.29, 0.717) is 44.8 Å². The van der Waals surface area contributed by atoms with Crippen molar-refractivity contribution in [2.24, 2.45) is 11.1 Å². The quantitative estimate of drug-likeness (QED) is 0.815. The first-order valence-electron chi connectivity index (χ1n) is 9.43. The highest BCUT2D eigenvalue weighted by atomic mass is 16.6. The Hall–Kier alpha value is -2.77. The zero-order valence-electron chi connectivity index (χ0n) is 15.7. The predicted molar refractivity (Wildman–Crippen MR) is 99.1 cm³/mol. The summed E-state index contributed by atoms with van der Waals surface area (Å²) in [7, 11) is 0. The second-order valence-electron chi connectivity index (χ2n) is 7.33. The molecule has 1 atom stereocenters. The van der Waals surface area contributed by atoms with Crippen molar-refractivity contribution in [3.63, 3.8) is 0 Å². The van der Waals surface area contributed by atoms with E-state index >= 15 is 0 Å². The molecule has 0 unspecified atom stereocenters. The van der Waals surface area contributed by atoms with Crippen LogP contribution in [0.4, 0.5) is 0 Å². The van der Waals surface area contributed by atoms with Gasteiger partial charge in [0.15, 0.2) is 0 Å². The number of hydrogen-bond acceptors (Lipinski definition) is 6. The number of amides is 1. The van der Waals surface area contributed by atoms with Crippen molar-refractivity contribution in [1.29, 1.82) is 0 Å². The van der Waals surface area contributed by atoms with Crippen LogP contribution in [0.2, 0.25) is 0 Å². The molecule has 0 aliphatic carbocycles. The minimum Gasteiger partial charge on any atom is -0.382 e. The van der Waals surface area contributed by atoms with E-state index in [4.69, 9.17) is 4.84 Å². The van der Waals surface area contributed by atoms with Crippen LogP contribution in [0.1, 0.15) is 37.5 Å². The number of carbonyl (C=O) groups excluding carboxylic acids is 1. The molecule has 8 nitrogen and oxygen atoms in total. The molecule has 0 aromatic carbocycles. The molecule has 2 aromatic rings. The van der Waals surface area contributed by atoms with Gasteiger partial charge in [0.25, 0.3) is 5.91 Å². The van der Waals surface area contributed by atoms with Crippen molar-refractivity contribution < 1.29 is 9.63 Å². The van der Waals surface area contributed by atoms with Gasteiger partial charge in [-0.15, -0.1) is 10.2 Å². The zero-order valence-corrected chi connectivity index (χ0v) is 15.7. The Bertz CT molecular complexity index is 845. The molecule has 0 saturated heterocycles. The average molecular weight is 368 g/mol. The normalized spacial score (nSPS) is 19.4. The van der Waals surface area contributed by atoms with E-state index in [2.05, 4.69) is 38.8 Å². The topological polar surface area (TPSA) is 85.5 Å². The van der Waals surface area contributed by atoms with Gasteiger partial charge in [0.2, 0.25) is 6.10 Å². The highest BCUT2D eigenvalue weighted by molar-refractivity contribution is 5.93. The van der Waals surface area contributed by atoms with Crippen LogP contribution in [0.15, 0.2) is 29.7 Å². The van der Waals surface area contributed by atoms with Gasteiger partial charge >= 0.3 is 0 Å². The van der Waals surface area contributed by atoms with Gasteiger partial charge in [-0.05, 0) is 17.5 Å². The summed E-state index contributed by atoms with van der Waals surface area (Å²) in [6, 6.07) is 3.95. The number of nitrogens with zero attached hydrogens (tertiary/aromatic N) is 6. The van der Waals surface area contributed by atoms with Gasteiger partial charge in [0, 0.05) is 51.3 Å². The third-order valence-electron chi connectivity index (χ3n) is 5.13. The Morgan fingerprint density at radius 2 is 2.19 bits per heavy atom. The molecule has 0 bridgehead atoms. The lowest BCUT2D eigenvalue weighted by molar-refractivity contribution is -0.142. The molecule has 142 valence electrons. The third kappa shape index (κ3) is 3.70. The number of oxime groups is 1. The van der Waals surface area contributed by atoms with E-state index in [1.165, 1.54) is 0 Å². The van der Waals surface area contributed by atoms with Gasteiger partial charge in [-0.2, -0.15) is 0 Å². The lowest BCUT2D eigenvalue weighted by atomic mass is 10.0. The molecular weight excluding hydrogens is 344 g/mol. The molecule has 0 N–H and O–H groups in total. The molecular formula is C19H24N6O2. The maximum atomic E-state index is 12.8. The van der Waals surface area contributed by atoms with Crippen LogP contribution in [-0.4, -0.2) is 55.5 Å². The molecule has 0 saturated carbocycles. The second-order valence-corrected chi connectivity index (χ2v) is 7.33. The van der Waals surface area contributed by atoms with Crippen molar-refractivity contribution in [2.75, 3.05) is 13.1 Å². The van der Waals surface area contributed by atoms with Crippen molar-refractivity contribution in [3.8, 4) is 0 Å². The van der Waals surface area contributed by atoms with Gasteiger partial charge in [0.05, 0.1) is 5.71 Å². The van der Waals surface area contributed by atoms with Crippen LogP contribution in [0.5, 0.6) is 0 Å². The minimum atomic E-state index is -0.485. The summed E-state index contributed by atoms with van der Waals surface area (Å²) in [6.07, 6.45) is 5.09. The molecule has 4 heterocycles. The molecule has 2 aliphatic heterocycles. The van der Waals surface area contributed by atoms with Crippen LogP contribution < -0.4 is 0 Å². The Balaban J connectivity index is 1.41. The zero-order chi connectivity index (χ0) is 18.8. The fourth-order valence-electron chi connectivity index (χ4n) is 3.49. The second kappa shape index (κ2) is 7.46. The molecule has 2 aromatic heterocycles. The first-order valence-corrected chi connectivity index (χ1v) is 9.43. The molecule has 2 aliphatic rings. The maximum absolute atomic E-state index is 12.8. The van der Waals surface area contributed by atoms with Crippen LogP contribution in [0.25, 0.3) is 0 Å². The summed E-state index contributed by atoms with van der Waals surface area (Å²) in [5.74, 6) is 2.16. The lowest BCUT2D eigenvalue weighted by Gasteiger charge is -2.22. The standard InChI is InChI=1S/C19H24N6O2/c1-13(2)15-11-16(27-23-15)19(26)24-7-5-17-21-22-18(25(17)9-8-24)10-14-4-3-6-20-12-14/h3-4,6,12-13,16H,5,7-11H2,1-2H3/t16-/m0/s1. The number of aromatic nitrogens is 4.